The summed E-state index contributed by atoms with van der Waals surface area (Å²) < 4.78 is 5.46. The summed E-state index contributed by atoms with van der Waals surface area (Å²) in [6, 6.07) is 8.10. The normalized spacial score (nSPS) is 22.1. The predicted octanol–water partition coefficient (Wildman–Crippen LogP) is 5.12. The van der Waals surface area contributed by atoms with Crippen LogP contribution in [-0.4, -0.2) is 18.4 Å². The van der Waals surface area contributed by atoms with E-state index < -0.39 is 0 Å². The number of ketones is 1. The molecule has 0 saturated carbocycles. The summed E-state index contributed by atoms with van der Waals surface area (Å²) >= 11 is 3.28. The highest BCUT2D eigenvalue weighted by Gasteiger charge is 2.41. The van der Waals surface area contributed by atoms with Gasteiger partial charge in [-0.15, -0.1) is 22.7 Å². The van der Waals surface area contributed by atoms with E-state index in [0.717, 1.165) is 34.7 Å². The van der Waals surface area contributed by atoms with Gasteiger partial charge in [-0.1, -0.05) is 19.1 Å². The van der Waals surface area contributed by atoms with Gasteiger partial charge in [0.05, 0.1) is 18.1 Å². The van der Waals surface area contributed by atoms with E-state index in [1.165, 1.54) is 4.88 Å². The lowest BCUT2D eigenvalue weighted by molar-refractivity contribution is -0.139. The summed E-state index contributed by atoms with van der Waals surface area (Å²) in [4.78, 5) is 28.4. The average Bonchev–Trinajstić information content (AvgIpc) is 3.38. The van der Waals surface area contributed by atoms with Gasteiger partial charge in [-0.3, -0.25) is 4.79 Å². The summed E-state index contributed by atoms with van der Waals surface area (Å²) in [5, 5.41) is 7.43. The molecule has 2 aromatic rings. The molecule has 0 bridgehead atoms. The van der Waals surface area contributed by atoms with Gasteiger partial charge in [0.1, 0.15) is 0 Å². The third kappa shape index (κ3) is 3.47. The Hall–Kier alpha value is -2.18. The molecule has 0 aromatic carbocycles. The number of esters is 1. The maximum absolute atomic E-state index is 13.3. The highest BCUT2D eigenvalue weighted by Crippen LogP contribution is 2.47. The first-order chi connectivity index (χ1) is 13.6. The van der Waals surface area contributed by atoms with Crippen LogP contribution in [-0.2, 0) is 14.3 Å². The van der Waals surface area contributed by atoms with Gasteiger partial charge in [-0.05, 0) is 42.7 Å². The molecule has 28 heavy (non-hydrogen) atoms. The van der Waals surface area contributed by atoms with Crippen LogP contribution in [0.15, 0.2) is 57.6 Å². The SMILES string of the molecule is CCCOC(=O)C1=C(C)NC2=C(C(=O)C[C@H](c3cccs3)C2)[C@@H]1c1cccs1. The van der Waals surface area contributed by atoms with E-state index in [9.17, 15) is 9.59 Å². The molecule has 2 atom stereocenters. The number of Topliss-reactive ketones (excluding diaryl/α,β-unsaturated/α-hetero) is 1. The van der Waals surface area contributed by atoms with Gasteiger partial charge in [-0.25, -0.2) is 4.79 Å². The molecule has 2 aromatic heterocycles. The topological polar surface area (TPSA) is 55.4 Å². The lowest BCUT2D eigenvalue weighted by Crippen LogP contribution is -2.35. The molecule has 1 aliphatic carbocycles. The number of dihydropyridines is 1. The molecule has 3 heterocycles. The van der Waals surface area contributed by atoms with E-state index in [2.05, 4.69) is 16.8 Å². The predicted molar refractivity (Wildman–Crippen MR) is 112 cm³/mol. The zero-order chi connectivity index (χ0) is 19.7. The Kier molecular flexibility index (Phi) is 5.51. The average molecular weight is 414 g/mol. The summed E-state index contributed by atoms with van der Waals surface area (Å²) in [5.74, 6) is -0.342. The molecule has 0 amide bonds. The van der Waals surface area contributed by atoms with Crippen molar-refractivity contribution in [2.75, 3.05) is 6.61 Å². The fourth-order valence-corrected chi connectivity index (χ4v) is 5.72. The smallest absolute Gasteiger partial charge is 0.336 e. The molecule has 2 aliphatic rings. The first kappa shape index (κ1) is 19.2. The van der Waals surface area contributed by atoms with E-state index in [4.69, 9.17) is 4.74 Å². The lowest BCUT2D eigenvalue weighted by Gasteiger charge is -2.35. The number of hydrogen-bond donors (Lipinski definition) is 1. The molecule has 0 unspecified atom stereocenters. The second-order valence-corrected chi connectivity index (χ2v) is 9.14. The van der Waals surface area contributed by atoms with E-state index in [-0.39, 0.29) is 23.6 Å². The van der Waals surface area contributed by atoms with Crippen LogP contribution >= 0.6 is 22.7 Å². The Morgan fingerprint density at radius 2 is 1.89 bits per heavy atom. The molecule has 4 nitrogen and oxygen atoms in total. The van der Waals surface area contributed by atoms with Crippen molar-refractivity contribution in [3.8, 4) is 0 Å². The van der Waals surface area contributed by atoms with Crippen LogP contribution in [0, 0.1) is 0 Å². The monoisotopic (exact) mass is 413 g/mol. The van der Waals surface area contributed by atoms with Gasteiger partial charge in [0.2, 0.25) is 0 Å². The van der Waals surface area contributed by atoms with Crippen molar-refractivity contribution in [3.63, 3.8) is 0 Å². The number of carbonyl (C=O) groups is 2. The minimum absolute atomic E-state index is 0.124. The number of allylic oxidation sites excluding steroid dienone is 3. The number of nitrogens with one attached hydrogen (secondary N) is 1. The van der Waals surface area contributed by atoms with Crippen molar-refractivity contribution in [2.45, 2.75) is 44.9 Å². The minimum atomic E-state index is -0.336. The molecule has 146 valence electrons. The van der Waals surface area contributed by atoms with E-state index in [1.54, 1.807) is 22.7 Å². The zero-order valence-corrected chi connectivity index (χ0v) is 17.6. The quantitative estimate of drug-likeness (QED) is 0.691. The van der Waals surface area contributed by atoms with Gasteiger partial charge in [0.15, 0.2) is 5.78 Å². The Morgan fingerprint density at radius 1 is 1.18 bits per heavy atom. The van der Waals surface area contributed by atoms with E-state index in [0.29, 0.717) is 18.6 Å². The third-order valence-corrected chi connectivity index (χ3v) is 7.23. The molecule has 0 radical (unpaired) electrons. The maximum Gasteiger partial charge on any atom is 0.336 e. The fraction of sp³-hybridized carbons (Fsp3) is 0.364. The van der Waals surface area contributed by atoms with Gasteiger partial charge >= 0.3 is 5.97 Å². The van der Waals surface area contributed by atoms with Crippen LogP contribution in [0.3, 0.4) is 0 Å². The first-order valence-corrected chi connectivity index (χ1v) is 11.3. The highest BCUT2D eigenvalue weighted by atomic mass is 32.1. The number of rotatable bonds is 5. The van der Waals surface area contributed by atoms with Crippen molar-refractivity contribution < 1.29 is 14.3 Å². The number of carbonyl (C=O) groups excluding carboxylic acids is 2. The Balaban J connectivity index is 1.75. The highest BCUT2D eigenvalue weighted by molar-refractivity contribution is 7.10. The second-order valence-electron chi connectivity index (χ2n) is 7.18. The summed E-state index contributed by atoms with van der Waals surface area (Å²) in [6.45, 7) is 4.26. The lowest BCUT2D eigenvalue weighted by atomic mass is 9.74. The van der Waals surface area contributed by atoms with Crippen LogP contribution in [0.1, 0.15) is 54.7 Å². The standard InChI is InChI=1S/C22H23NO3S2/c1-3-8-26-22(25)19-13(2)23-15-11-14(17-6-4-9-27-17)12-16(24)20(15)21(19)18-7-5-10-28-18/h4-7,9-10,14,21,23H,3,8,11-12H2,1-2H3/t14-,21-/m1/s1. The number of thiophene rings is 2. The Morgan fingerprint density at radius 3 is 2.54 bits per heavy atom. The molecule has 6 heteroatoms. The van der Waals surface area contributed by atoms with Crippen molar-refractivity contribution >= 4 is 34.4 Å². The van der Waals surface area contributed by atoms with Gasteiger partial charge < -0.3 is 10.1 Å². The first-order valence-electron chi connectivity index (χ1n) is 9.58. The van der Waals surface area contributed by atoms with Crippen molar-refractivity contribution in [1.29, 1.82) is 0 Å². The van der Waals surface area contributed by atoms with E-state index >= 15 is 0 Å². The second kappa shape index (κ2) is 8.05. The largest absolute Gasteiger partial charge is 0.462 e. The number of ether oxygens (including phenoxy) is 1. The van der Waals surface area contributed by atoms with Crippen LogP contribution in [0.4, 0.5) is 0 Å². The van der Waals surface area contributed by atoms with Gasteiger partial charge in [-0.2, -0.15) is 0 Å². The van der Waals surface area contributed by atoms with Gasteiger partial charge in [0, 0.05) is 39.1 Å². The van der Waals surface area contributed by atoms with Crippen molar-refractivity contribution in [3.05, 3.63) is 67.3 Å². The van der Waals surface area contributed by atoms with Crippen LogP contribution in [0.5, 0.6) is 0 Å². The van der Waals surface area contributed by atoms with Crippen LogP contribution < -0.4 is 5.32 Å². The minimum Gasteiger partial charge on any atom is -0.462 e. The molecule has 1 aliphatic heterocycles. The van der Waals surface area contributed by atoms with Crippen molar-refractivity contribution in [1.82, 2.24) is 5.32 Å². The zero-order valence-electron chi connectivity index (χ0n) is 16.0. The van der Waals surface area contributed by atoms with Crippen LogP contribution in [0.2, 0.25) is 0 Å². The summed E-state index contributed by atoms with van der Waals surface area (Å²) in [7, 11) is 0. The Bertz CT molecular complexity index is 939. The molecule has 1 N–H and O–H groups in total. The van der Waals surface area contributed by atoms with Gasteiger partial charge in [0.25, 0.3) is 0 Å². The van der Waals surface area contributed by atoms with E-state index in [1.807, 2.05) is 37.4 Å². The fourth-order valence-electron chi connectivity index (χ4n) is 4.05. The summed E-state index contributed by atoms with van der Waals surface area (Å²) in [6.07, 6.45) is 2.04. The van der Waals surface area contributed by atoms with Crippen LogP contribution in [0.25, 0.3) is 0 Å². The molecule has 0 saturated heterocycles. The Labute approximate surface area is 172 Å². The third-order valence-electron chi connectivity index (χ3n) is 5.26. The maximum atomic E-state index is 13.3. The summed E-state index contributed by atoms with van der Waals surface area (Å²) in [5.41, 5.74) is 3.05. The molecular formula is C22H23NO3S2. The molecule has 0 spiro atoms. The molecule has 0 fully saturated rings. The number of hydrogen-bond acceptors (Lipinski definition) is 6. The van der Waals surface area contributed by atoms with Crippen molar-refractivity contribution in [2.24, 2.45) is 0 Å². The molecule has 4 rings (SSSR count). The molecular weight excluding hydrogens is 390 g/mol.